The van der Waals surface area contributed by atoms with E-state index in [0.717, 1.165) is 17.8 Å². The zero-order chi connectivity index (χ0) is 9.68. The maximum absolute atomic E-state index is 2.34. The summed E-state index contributed by atoms with van der Waals surface area (Å²) in [5.41, 5.74) is 0. The van der Waals surface area contributed by atoms with Gasteiger partial charge in [0.25, 0.3) is 0 Å². The molecule has 0 saturated carbocycles. The fraction of sp³-hybridized carbons (Fsp3) is 1.00. The van der Waals surface area contributed by atoms with Crippen LogP contribution in [0.1, 0.15) is 27.2 Å². The molecule has 0 amide bonds. The van der Waals surface area contributed by atoms with E-state index < -0.39 is 0 Å². The van der Waals surface area contributed by atoms with Crippen LogP contribution in [-0.2, 0) is 0 Å². The summed E-state index contributed by atoms with van der Waals surface area (Å²) in [5.74, 6) is 8.55. The number of rotatable bonds is 0. The van der Waals surface area contributed by atoms with E-state index in [1.165, 1.54) is 29.4 Å². The Labute approximate surface area is 91.6 Å². The average Bonchev–Trinajstić information content (AvgIpc) is 2.67. The summed E-state index contributed by atoms with van der Waals surface area (Å²) in [6.45, 7) is 7.00. The molecule has 0 bridgehead atoms. The first-order valence-corrected chi connectivity index (χ1v) is 7.66. The van der Waals surface area contributed by atoms with E-state index in [4.69, 9.17) is 0 Å². The minimum atomic E-state index is 0.977. The molecule has 2 heterocycles. The lowest BCUT2D eigenvalue weighted by Crippen LogP contribution is -2.01. The quantitative estimate of drug-likeness (QED) is 0.607. The molecule has 2 fully saturated rings. The molecule has 13 heavy (non-hydrogen) atoms. The van der Waals surface area contributed by atoms with E-state index in [1.807, 2.05) is 0 Å². The Morgan fingerprint density at radius 1 is 0.846 bits per heavy atom. The van der Waals surface area contributed by atoms with Gasteiger partial charge >= 0.3 is 0 Å². The van der Waals surface area contributed by atoms with Crippen molar-refractivity contribution in [3.8, 4) is 0 Å². The minimum absolute atomic E-state index is 0.977. The Balaban J connectivity index is 0.000000132. The molecule has 2 heteroatoms. The van der Waals surface area contributed by atoms with Gasteiger partial charge in [-0.3, -0.25) is 0 Å². The van der Waals surface area contributed by atoms with Crippen molar-refractivity contribution in [1.29, 1.82) is 0 Å². The second kappa shape index (κ2) is 6.23. The normalized spacial score (nSPS) is 38.5. The van der Waals surface area contributed by atoms with Crippen LogP contribution in [0.5, 0.6) is 0 Å². The zero-order valence-corrected chi connectivity index (χ0v) is 10.7. The molecule has 3 atom stereocenters. The first kappa shape index (κ1) is 11.8. The van der Waals surface area contributed by atoms with Gasteiger partial charge in [0.05, 0.1) is 0 Å². The van der Waals surface area contributed by atoms with Crippen molar-refractivity contribution in [2.24, 2.45) is 17.8 Å². The zero-order valence-electron chi connectivity index (χ0n) is 9.08. The molecular weight excluding hydrogens is 196 g/mol. The van der Waals surface area contributed by atoms with Crippen molar-refractivity contribution in [2.45, 2.75) is 27.2 Å². The molecule has 0 aromatic heterocycles. The first-order chi connectivity index (χ1) is 6.20. The number of thioether (sulfide) groups is 2. The Kier molecular flexibility index (Phi) is 5.65. The third-order valence-corrected chi connectivity index (χ3v) is 5.74. The summed E-state index contributed by atoms with van der Waals surface area (Å²) >= 11 is 4.17. The summed E-state index contributed by atoms with van der Waals surface area (Å²) in [6, 6.07) is 0. The van der Waals surface area contributed by atoms with Crippen molar-refractivity contribution < 1.29 is 0 Å². The lowest BCUT2D eigenvalue weighted by atomic mass is 10.0. The lowest BCUT2D eigenvalue weighted by Gasteiger charge is -2.03. The predicted octanol–water partition coefficient (Wildman–Crippen LogP) is 3.76. The van der Waals surface area contributed by atoms with Crippen LogP contribution in [0.25, 0.3) is 0 Å². The summed E-state index contributed by atoms with van der Waals surface area (Å²) in [4.78, 5) is 0. The van der Waals surface area contributed by atoms with Crippen LogP contribution in [0.2, 0.25) is 0 Å². The highest BCUT2D eigenvalue weighted by atomic mass is 32.2. The van der Waals surface area contributed by atoms with Gasteiger partial charge in [0.2, 0.25) is 0 Å². The second-order valence-corrected chi connectivity index (χ2v) is 6.69. The van der Waals surface area contributed by atoms with Crippen LogP contribution in [0.15, 0.2) is 0 Å². The van der Waals surface area contributed by atoms with Gasteiger partial charge in [-0.05, 0) is 47.2 Å². The molecular formula is C11H22S2. The number of hydrogen-bond donors (Lipinski definition) is 0. The van der Waals surface area contributed by atoms with E-state index in [2.05, 4.69) is 44.3 Å². The smallest absolute Gasteiger partial charge is 0.00388 e. The van der Waals surface area contributed by atoms with Crippen molar-refractivity contribution in [1.82, 2.24) is 0 Å². The van der Waals surface area contributed by atoms with E-state index >= 15 is 0 Å². The highest BCUT2D eigenvalue weighted by Gasteiger charge is 2.18. The summed E-state index contributed by atoms with van der Waals surface area (Å²) in [5, 5.41) is 0. The molecule has 0 nitrogen and oxygen atoms in total. The van der Waals surface area contributed by atoms with Gasteiger partial charge in [0.15, 0.2) is 0 Å². The Hall–Kier alpha value is 0.700. The van der Waals surface area contributed by atoms with E-state index in [1.54, 1.807) is 0 Å². The maximum Gasteiger partial charge on any atom is -0.00388 e. The fourth-order valence-electron chi connectivity index (χ4n) is 1.42. The molecule has 2 aliphatic rings. The van der Waals surface area contributed by atoms with Crippen LogP contribution in [-0.4, -0.2) is 23.0 Å². The van der Waals surface area contributed by atoms with Crippen LogP contribution in [0, 0.1) is 17.8 Å². The standard InChI is InChI=1S/C6H12S.C5H10S/c1-5-3-7-4-6(5)2;1-5-2-3-6-4-5/h5-6H,3-4H2,1-2H3;5H,2-4H2,1H3. The van der Waals surface area contributed by atoms with Crippen LogP contribution in [0.4, 0.5) is 0 Å². The lowest BCUT2D eigenvalue weighted by molar-refractivity contribution is 0.494. The van der Waals surface area contributed by atoms with E-state index in [9.17, 15) is 0 Å². The van der Waals surface area contributed by atoms with Gasteiger partial charge in [0.1, 0.15) is 0 Å². The molecule has 78 valence electrons. The Bertz CT molecular complexity index is 122. The molecule has 2 saturated heterocycles. The van der Waals surface area contributed by atoms with Gasteiger partial charge < -0.3 is 0 Å². The monoisotopic (exact) mass is 218 g/mol. The van der Waals surface area contributed by atoms with E-state index in [-0.39, 0.29) is 0 Å². The van der Waals surface area contributed by atoms with Gasteiger partial charge in [-0.25, -0.2) is 0 Å². The fourth-order valence-corrected chi connectivity index (χ4v) is 4.26. The van der Waals surface area contributed by atoms with Gasteiger partial charge in [-0.1, -0.05) is 20.8 Å². The maximum atomic E-state index is 2.34. The van der Waals surface area contributed by atoms with Crippen LogP contribution < -0.4 is 0 Å². The van der Waals surface area contributed by atoms with Gasteiger partial charge in [-0.2, -0.15) is 23.5 Å². The minimum Gasteiger partial charge on any atom is -0.162 e. The Morgan fingerprint density at radius 2 is 1.46 bits per heavy atom. The first-order valence-electron chi connectivity index (χ1n) is 5.35. The molecule has 2 rings (SSSR count). The third kappa shape index (κ3) is 4.64. The van der Waals surface area contributed by atoms with E-state index in [0.29, 0.717) is 0 Å². The molecule has 0 N–H and O–H groups in total. The molecule has 0 radical (unpaired) electrons. The predicted molar refractivity (Wildman–Crippen MR) is 66.8 cm³/mol. The number of hydrogen-bond acceptors (Lipinski definition) is 2. The molecule has 0 aliphatic carbocycles. The van der Waals surface area contributed by atoms with Crippen LogP contribution >= 0.6 is 23.5 Å². The summed E-state index contributed by atoms with van der Waals surface area (Å²) in [7, 11) is 0. The van der Waals surface area contributed by atoms with Gasteiger partial charge in [-0.15, -0.1) is 0 Å². The SMILES string of the molecule is CC1CCSC1.CC1CSCC1C. The van der Waals surface area contributed by atoms with Crippen molar-refractivity contribution in [2.75, 3.05) is 23.0 Å². The van der Waals surface area contributed by atoms with Gasteiger partial charge in [0, 0.05) is 0 Å². The Morgan fingerprint density at radius 3 is 1.62 bits per heavy atom. The van der Waals surface area contributed by atoms with Crippen molar-refractivity contribution in [3.63, 3.8) is 0 Å². The summed E-state index contributed by atoms with van der Waals surface area (Å²) < 4.78 is 0. The molecule has 3 unspecified atom stereocenters. The van der Waals surface area contributed by atoms with Crippen LogP contribution in [0.3, 0.4) is 0 Å². The molecule has 0 aromatic carbocycles. The highest BCUT2D eigenvalue weighted by Crippen LogP contribution is 2.28. The largest absolute Gasteiger partial charge is 0.162 e. The third-order valence-electron chi connectivity index (χ3n) is 2.89. The molecule has 2 aliphatic heterocycles. The van der Waals surface area contributed by atoms with Crippen molar-refractivity contribution in [3.05, 3.63) is 0 Å². The molecule has 0 aromatic rings. The highest BCUT2D eigenvalue weighted by molar-refractivity contribution is 7.99. The topological polar surface area (TPSA) is 0 Å². The second-order valence-electron chi connectivity index (χ2n) is 4.46. The van der Waals surface area contributed by atoms with Crippen molar-refractivity contribution >= 4 is 23.5 Å². The average molecular weight is 218 g/mol. The molecule has 0 spiro atoms. The summed E-state index contributed by atoms with van der Waals surface area (Å²) in [6.07, 6.45) is 1.45.